The van der Waals surface area contributed by atoms with E-state index < -0.39 is 12.0 Å². The molecule has 2 unspecified atom stereocenters. The van der Waals surface area contributed by atoms with Crippen LogP contribution in [0, 0.1) is 0 Å². The quantitative estimate of drug-likeness (QED) is 0.583. The van der Waals surface area contributed by atoms with E-state index in [4.69, 9.17) is 9.84 Å². The van der Waals surface area contributed by atoms with Gasteiger partial charge in [-0.25, -0.2) is 0 Å². The molecule has 0 saturated heterocycles. The van der Waals surface area contributed by atoms with Crippen LogP contribution >= 0.6 is 0 Å². The molecule has 0 aliphatic heterocycles. The van der Waals surface area contributed by atoms with Crippen molar-refractivity contribution in [2.45, 2.75) is 45.2 Å². The van der Waals surface area contributed by atoms with Gasteiger partial charge in [0.05, 0.1) is 0 Å². The molecular formula is C10H21NO3. The maximum absolute atomic E-state index is 10.8. The second kappa shape index (κ2) is 7.76. The molecule has 0 spiro atoms. The lowest BCUT2D eigenvalue weighted by atomic mass is 10.1. The van der Waals surface area contributed by atoms with Crippen LogP contribution in [0.1, 0.15) is 33.1 Å². The molecule has 0 bridgehead atoms. The Labute approximate surface area is 85.6 Å². The molecule has 84 valence electrons. The van der Waals surface area contributed by atoms with Crippen molar-refractivity contribution in [3.63, 3.8) is 0 Å². The van der Waals surface area contributed by atoms with E-state index in [-0.39, 0.29) is 6.04 Å². The van der Waals surface area contributed by atoms with Crippen molar-refractivity contribution in [1.29, 1.82) is 0 Å². The van der Waals surface area contributed by atoms with Gasteiger partial charge in [-0.1, -0.05) is 6.92 Å². The minimum absolute atomic E-state index is 0.249. The Bertz CT molecular complexity index is 161. The van der Waals surface area contributed by atoms with Gasteiger partial charge in [0.15, 0.2) is 0 Å². The number of carboxylic acids is 1. The van der Waals surface area contributed by atoms with Crippen LogP contribution in [0.5, 0.6) is 0 Å². The number of rotatable bonds is 8. The number of ether oxygens (including phenoxy) is 1. The monoisotopic (exact) mass is 203 g/mol. The average molecular weight is 203 g/mol. The second-order valence-electron chi connectivity index (χ2n) is 3.50. The molecular weight excluding hydrogens is 182 g/mol. The number of carbonyl (C=O) groups is 1. The number of nitrogens with one attached hydrogen (secondary N) is 1. The number of carboxylic acid groups (broad SMARTS) is 1. The standard InChI is InChI=1S/C10H21NO3/c1-4-8(2)11-9(10(12)13)6-5-7-14-3/h8-9,11H,4-7H2,1-3H3,(H,12,13). The van der Waals surface area contributed by atoms with Gasteiger partial charge in [-0.15, -0.1) is 0 Å². The molecule has 2 N–H and O–H groups in total. The largest absolute Gasteiger partial charge is 0.480 e. The first-order valence-corrected chi connectivity index (χ1v) is 5.09. The summed E-state index contributed by atoms with van der Waals surface area (Å²) in [5, 5.41) is 12.0. The summed E-state index contributed by atoms with van der Waals surface area (Å²) in [4.78, 5) is 10.8. The lowest BCUT2D eigenvalue weighted by Crippen LogP contribution is -2.41. The molecule has 0 heterocycles. The van der Waals surface area contributed by atoms with Crippen LogP contribution in [0.4, 0.5) is 0 Å². The molecule has 0 aromatic carbocycles. The zero-order valence-corrected chi connectivity index (χ0v) is 9.25. The summed E-state index contributed by atoms with van der Waals surface area (Å²) in [6, 6.07) is -0.196. The molecule has 0 aliphatic carbocycles. The first kappa shape index (κ1) is 13.4. The van der Waals surface area contributed by atoms with Crippen molar-refractivity contribution < 1.29 is 14.6 Å². The van der Waals surface area contributed by atoms with Crippen molar-refractivity contribution >= 4 is 5.97 Å². The minimum Gasteiger partial charge on any atom is -0.480 e. The first-order chi connectivity index (χ1) is 6.61. The van der Waals surface area contributed by atoms with Crippen LogP contribution < -0.4 is 5.32 Å². The Morgan fingerprint density at radius 2 is 2.21 bits per heavy atom. The summed E-state index contributed by atoms with van der Waals surface area (Å²) < 4.78 is 4.88. The normalized spacial score (nSPS) is 15.1. The topological polar surface area (TPSA) is 58.6 Å². The second-order valence-corrected chi connectivity index (χ2v) is 3.50. The predicted molar refractivity (Wildman–Crippen MR) is 55.4 cm³/mol. The Morgan fingerprint density at radius 1 is 1.57 bits per heavy atom. The Hall–Kier alpha value is -0.610. The molecule has 0 amide bonds. The summed E-state index contributed by atoms with van der Waals surface area (Å²) in [5.74, 6) is -0.776. The van der Waals surface area contributed by atoms with Gasteiger partial charge < -0.3 is 15.2 Å². The van der Waals surface area contributed by atoms with E-state index in [0.717, 1.165) is 12.8 Å². The maximum atomic E-state index is 10.8. The third-order valence-corrected chi connectivity index (χ3v) is 2.24. The molecule has 0 aromatic heterocycles. The number of hydrogen-bond acceptors (Lipinski definition) is 3. The highest BCUT2D eigenvalue weighted by Crippen LogP contribution is 2.01. The SMILES string of the molecule is CCC(C)NC(CCCOC)C(=O)O. The highest BCUT2D eigenvalue weighted by atomic mass is 16.5. The van der Waals surface area contributed by atoms with Crippen LogP contribution in [0.15, 0.2) is 0 Å². The third-order valence-electron chi connectivity index (χ3n) is 2.24. The van der Waals surface area contributed by atoms with E-state index in [9.17, 15) is 4.79 Å². The van der Waals surface area contributed by atoms with Gasteiger partial charge in [0.25, 0.3) is 0 Å². The van der Waals surface area contributed by atoms with Gasteiger partial charge in [-0.05, 0) is 26.2 Å². The molecule has 0 radical (unpaired) electrons. The first-order valence-electron chi connectivity index (χ1n) is 5.09. The van der Waals surface area contributed by atoms with Gasteiger partial charge in [-0.3, -0.25) is 4.79 Å². The predicted octanol–water partition coefficient (Wildman–Crippen LogP) is 1.25. The van der Waals surface area contributed by atoms with Crippen molar-refractivity contribution in [1.82, 2.24) is 5.32 Å². The zero-order chi connectivity index (χ0) is 11.0. The van der Waals surface area contributed by atoms with E-state index in [1.807, 2.05) is 13.8 Å². The van der Waals surface area contributed by atoms with Crippen molar-refractivity contribution in [3.05, 3.63) is 0 Å². The van der Waals surface area contributed by atoms with E-state index >= 15 is 0 Å². The number of hydrogen-bond donors (Lipinski definition) is 2. The lowest BCUT2D eigenvalue weighted by molar-refractivity contribution is -0.140. The smallest absolute Gasteiger partial charge is 0.320 e. The molecule has 0 aromatic rings. The van der Waals surface area contributed by atoms with Gasteiger partial charge in [0.1, 0.15) is 6.04 Å². The van der Waals surface area contributed by atoms with Gasteiger partial charge in [-0.2, -0.15) is 0 Å². The molecule has 0 saturated carbocycles. The van der Waals surface area contributed by atoms with Crippen LogP contribution in [0.2, 0.25) is 0 Å². The average Bonchev–Trinajstić information content (AvgIpc) is 2.16. The molecule has 4 nitrogen and oxygen atoms in total. The summed E-state index contributed by atoms with van der Waals surface area (Å²) >= 11 is 0. The van der Waals surface area contributed by atoms with Crippen molar-refractivity contribution in [3.8, 4) is 0 Å². The Morgan fingerprint density at radius 3 is 2.64 bits per heavy atom. The molecule has 0 fully saturated rings. The van der Waals surface area contributed by atoms with E-state index in [2.05, 4.69) is 5.32 Å². The fourth-order valence-corrected chi connectivity index (χ4v) is 1.17. The van der Waals surface area contributed by atoms with Gasteiger partial charge in [0.2, 0.25) is 0 Å². The van der Waals surface area contributed by atoms with E-state index in [1.54, 1.807) is 7.11 Å². The zero-order valence-electron chi connectivity index (χ0n) is 9.25. The number of aliphatic carboxylic acids is 1. The molecule has 4 heteroatoms. The molecule has 2 atom stereocenters. The van der Waals surface area contributed by atoms with E-state index in [0.29, 0.717) is 13.0 Å². The van der Waals surface area contributed by atoms with Crippen LogP contribution in [-0.4, -0.2) is 36.9 Å². The van der Waals surface area contributed by atoms with Crippen molar-refractivity contribution in [2.75, 3.05) is 13.7 Å². The van der Waals surface area contributed by atoms with Crippen LogP contribution in [0.25, 0.3) is 0 Å². The van der Waals surface area contributed by atoms with Crippen molar-refractivity contribution in [2.24, 2.45) is 0 Å². The minimum atomic E-state index is -0.776. The summed E-state index contributed by atoms with van der Waals surface area (Å²) in [7, 11) is 1.62. The summed E-state index contributed by atoms with van der Waals surface area (Å²) in [6.45, 7) is 4.64. The fraction of sp³-hybridized carbons (Fsp3) is 0.900. The van der Waals surface area contributed by atoms with Crippen LogP contribution in [0.3, 0.4) is 0 Å². The fourth-order valence-electron chi connectivity index (χ4n) is 1.17. The summed E-state index contributed by atoms with van der Waals surface area (Å²) in [5.41, 5.74) is 0. The van der Waals surface area contributed by atoms with Crippen LogP contribution in [-0.2, 0) is 9.53 Å². The summed E-state index contributed by atoms with van der Waals surface area (Å²) in [6.07, 6.45) is 2.33. The number of methoxy groups -OCH3 is 1. The molecule has 0 rings (SSSR count). The van der Waals surface area contributed by atoms with E-state index in [1.165, 1.54) is 0 Å². The molecule has 14 heavy (non-hydrogen) atoms. The highest BCUT2D eigenvalue weighted by Gasteiger charge is 2.17. The highest BCUT2D eigenvalue weighted by molar-refractivity contribution is 5.73. The Kier molecular flexibility index (Phi) is 7.42. The maximum Gasteiger partial charge on any atom is 0.320 e. The third kappa shape index (κ3) is 5.94. The van der Waals surface area contributed by atoms with Gasteiger partial charge in [0, 0.05) is 19.8 Å². The lowest BCUT2D eigenvalue weighted by Gasteiger charge is -2.18. The Balaban J connectivity index is 3.84. The van der Waals surface area contributed by atoms with Gasteiger partial charge >= 0.3 is 5.97 Å². The molecule has 0 aliphatic rings.